The van der Waals surface area contributed by atoms with Gasteiger partial charge in [0.25, 0.3) is 0 Å². The second-order valence-corrected chi connectivity index (χ2v) is 5.74. The number of hydrogen-bond acceptors (Lipinski definition) is 1. The van der Waals surface area contributed by atoms with Gasteiger partial charge in [-0.3, -0.25) is 0 Å². The van der Waals surface area contributed by atoms with Crippen molar-refractivity contribution in [2.24, 2.45) is 0 Å². The summed E-state index contributed by atoms with van der Waals surface area (Å²) in [6, 6.07) is 8.86. The predicted octanol–water partition coefficient (Wildman–Crippen LogP) is 5.39. The van der Waals surface area contributed by atoms with E-state index in [0.717, 1.165) is 31.2 Å². The summed E-state index contributed by atoms with van der Waals surface area (Å²) >= 11 is 0. The standard InChI is InChI=1S/C18H18F2O/c19-16-10-14(12-4-2-1-3-5-12)11-17(20)18(16)13-6-8-15(21)9-7-13/h6-12,21H,1-5H2. The fourth-order valence-electron chi connectivity index (χ4n) is 3.17. The predicted molar refractivity (Wildman–Crippen MR) is 79.3 cm³/mol. The van der Waals surface area contributed by atoms with Crippen LogP contribution in [-0.2, 0) is 0 Å². The van der Waals surface area contributed by atoms with Crippen molar-refractivity contribution in [3.63, 3.8) is 0 Å². The Morgan fingerprint density at radius 1 is 0.857 bits per heavy atom. The number of aromatic hydroxyl groups is 1. The summed E-state index contributed by atoms with van der Waals surface area (Å²) in [6.45, 7) is 0. The van der Waals surface area contributed by atoms with E-state index in [1.165, 1.54) is 42.8 Å². The van der Waals surface area contributed by atoms with Gasteiger partial charge in [0.05, 0.1) is 5.56 Å². The van der Waals surface area contributed by atoms with Crippen LogP contribution >= 0.6 is 0 Å². The molecule has 110 valence electrons. The quantitative estimate of drug-likeness (QED) is 0.786. The van der Waals surface area contributed by atoms with Crippen LogP contribution in [0.25, 0.3) is 11.1 Å². The number of halogens is 2. The topological polar surface area (TPSA) is 20.2 Å². The van der Waals surface area contributed by atoms with Gasteiger partial charge < -0.3 is 5.11 Å². The molecule has 1 aliphatic rings. The van der Waals surface area contributed by atoms with E-state index in [-0.39, 0.29) is 17.2 Å². The largest absolute Gasteiger partial charge is 0.508 e. The third-order valence-corrected chi connectivity index (χ3v) is 4.30. The molecule has 21 heavy (non-hydrogen) atoms. The van der Waals surface area contributed by atoms with Crippen LogP contribution in [-0.4, -0.2) is 5.11 Å². The molecule has 0 spiro atoms. The molecule has 0 heterocycles. The molecule has 1 nitrogen and oxygen atoms in total. The number of hydrogen-bond donors (Lipinski definition) is 1. The lowest BCUT2D eigenvalue weighted by Crippen LogP contribution is -2.06. The van der Waals surface area contributed by atoms with E-state index >= 15 is 0 Å². The fraction of sp³-hybridized carbons (Fsp3) is 0.333. The molecule has 0 amide bonds. The first-order chi connectivity index (χ1) is 10.1. The first kappa shape index (κ1) is 14.1. The highest BCUT2D eigenvalue weighted by Gasteiger charge is 2.20. The minimum absolute atomic E-state index is 0.0189. The maximum atomic E-state index is 14.3. The van der Waals surface area contributed by atoms with Crippen molar-refractivity contribution in [3.05, 3.63) is 53.6 Å². The molecule has 3 heteroatoms. The Morgan fingerprint density at radius 3 is 2.00 bits per heavy atom. The lowest BCUT2D eigenvalue weighted by atomic mass is 9.83. The molecular weight excluding hydrogens is 270 g/mol. The monoisotopic (exact) mass is 288 g/mol. The SMILES string of the molecule is Oc1ccc(-c2c(F)cc(C3CCCCC3)cc2F)cc1. The van der Waals surface area contributed by atoms with Crippen molar-refractivity contribution < 1.29 is 13.9 Å². The van der Waals surface area contributed by atoms with Crippen LogP contribution in [0, 0.1) is 11.6 Å². The van der Waals surface area contributed by atoms with Gasteiger partial charge in [-0.1, -0.05) is 31.4 Å². The molecule has 1 fully saturated rings. The van der Waals surface area contributed by atoms with E-state index in [1.807, 2.05) is 0 Å². The van der Waals surface area contributed by atoms with Crippen LogP contribution in [0.5, 0.6) is 5.75 Å². The Kier molecular flexibility index (Phi) is 3.91. The molecular formula is C18H18F2O. The maximum Gasteiger partial charge on any atom is 0.134 e. The molecule has 1 saturated carbocycles. The highest BCUT2D eigenvalue weighted by atomic mass is 19.1. The highest BCUT2D eigenvalue weighted by Crippen LogP contribution is 2.36. The van der Waals surface area contributed by atoms with Gasteiger partial charge in [-0.2, -0.15) is 0 Å². The Balaban J connectivity index is 1.97. The van der Waals surface area contributed by atoms with Crippen LogP contribution in [0.1, 0.15) is 43.6 Å². The van der Waals surface area contributed by atoms with Crippen molar-refractivity contribution in [1.29, 1.82) is 0 Å². The Bertz CT molecular complexity index is 605. The van der Waals surface area contributed by atoms with Crippen molar-refractivity contribution in [1.82, 2.24) is 0 Å². The van der Waals surface area contributed by atoms with Gasteiger partial charge in [0.1, 0.15) is 17.4 Å². The normalized spacial score (nSPS) is 16.1. The van der Waals surface area contributed by atoms with Crippen LogP contribution in [0.15, 0.2) is 36.4 Å². The lowest BCUT2D eigenvalue weighted by molar-refractivity contribution is 0.440. The smallest absolute Gasteiger partial charge is 0.134 e. The molecule has 0 saturated heterocycles. The van der Waals surface area contributed by atoms with Gasteiger partial charge >= 0.3 is 0 Å². The van der Waals surface area contributed by atoms with E-state index in [1.54, 1.807) is 0 Å². The lowest BCUT2D eigenvalue weighted by Gasteiger charge is -2.22. The van der Waals surface area contributed by atoms with E-state index in [2.05, 4.69) is 0 Å². The van der Waals surface area contributed by atoms with Crippen molar-refractivity contribution in [3.8, 4) is 16.9 Å². The molecule has 3 rings (SSSR count). The first-order valence-electron chi connectivity index (χ1n) is 7.43. The average molecular weight is 288 g/mol. The van der Waals surface area contributed by atoms with Crippen LogP contribution in [0.4, 0.5) is 8.78 Å². The molecule has 0 atom stereocenters. The zero-order valence-corrected chi connectivity index (χ0v) is 11.8. The summed E-state index contributed by atoms with van der Waals surface area (Å²) in [5.74, 6) is -0.697. The summed E-state index contributed by atoms with van der Waals surface area (Å²) in [4.78, 5) is 0. The molecule has 1 aliphatic carbocycles. The van der Waals surface area contributed by atoms with Crippen LogP contribution in [0.2, 0.25) is 0 Å². The third-order valence-electron chi connectivity index (χ3n) is 4.30. The fourth-order valence-corrected chi connectivity index (χ4v) is 3.17. The summed E-state index contributed by atoms with van der Waals surface area (Å²) in [6.07, 6.45) is 5.50. The minimum Gasteiger partial charge on any atom is -0.508 e. The molecule has 0 radical (unpaired) electrons. The summed E-state index contributed by atoms with van der Waals surface area (Å²) in [7, 11) is 0. The Hall–Kier alpha value is -1.90. The summed E-state index contributed by atoms with van der Waals surface area (Å²) in [5, 5.41) is 9.27. The Morgan fingerprint density at radius 2 is 1.43 bits per heavy atom. The van der Waals surface area contributed by atoms with Gasteiger partial charge in [-0.05, 0) is 54.2 Å². The Labute approximate surface area is 123 Å². The first-order valence-corrected chi connectivity index (χ1v) is 7.43. The van der Waals surface area contributed by atoms with E-state index < -0.39 is 11.6 Å². The summed E-state index contributed by atoms with van der Waals surface area (Å²) in [5.41, 5.74) is 1.19. The zero-order valence-electron chi connectivity index (χ0n) is 11.8. The number of benzene rings is 2. The molecule has 2 aromatic carbocycles. The average Bonchev–Trinajstić information content (AvgIpc) is 2.49. The van der Waals surface area contributed by atoms with Crippen molar-refractivity contribution >= 4 is 0 Å². The van der Waals surface area contributed by atoms with Crippen LogP contribution in [0.3, 0.4) is 0 Å². The second-order valence-electron chi connectivity index (χ2n) is 5.74. The van der Waals surface area contributed by atoms with Gasteiger partial charge in [0, 0.05) is 0 Å². The number of phenolic OH excluding ortho intramolecular Hbond substituents is 1. The minimum atomic E-state index is -0.527. The highest BCUT2D eigenvalue weighted by molar-refractivity contribution is 5.66. The molecule has 0 aromatic heterocycles. The zero-order chi connectivity index (χ0) is 14.8. The van der Waals surface area contributed by atoms with Crippen LogP contribution < -0.4 is 0 Å². The maximum absolute atomic E-state index is 14.3. The van der Waals surface area contributed by atoms with Crippen molar-refractivity contribution in [2.45, 2.75) is 38.0 Å². The van der Waals surface area contributed by atoms with Gasteiger partial charge in [-0.15, -0.1) is 0 Å². The second kappa shape index (κ2) is 5.84. The van der Waals surface area contributed by atoms with E-state index in [0.29, 0.717) is 5.56 Å². The molecule has 0 bridgehead atoms. The molecule has 1 N–H and O–H groups in total. The van der Waals surface area contributed by atoms with Gasteiger partial charge in [0.15, 0.2) is 0 Å². The van der Waals surface area contributed by atoms with E-state index in [4.69, 9.17) is 0 Å². The third kappa shape index (κ3) is 2.92. The van der Waals surface area contributed by atoms with E-state index in [9.17, 15) is 13.9 Å². The summed E-state index contributed by atoms with van der Waals surface area (Å²) < 4.78 is 28.7. The van der Waals surface area contributed by atoms with Gasteiger partial charge in [0.2, 0.25) is 0 Å². The molecule has 0 unspecified atom stereocenters. The number of rotatable bonds is 2. The molecule has 2 aromatic rings. The number of phenols is 1. The van der Waals surface area contributed by atoms with Gasteiger partial charge in [-0.25, -0.2) is 8.78 Å². The van der Waals surface area contributed by atoms with Crippen molar-refractivity contribution in [2.75, 3.05) is 0 Å². The molecule has 0 aliphatic heterocycles.